The van der Waals surface area contributed by atoms with Crippen molar-refractivity contribution in [3.05, 3.63) is 70.6 Å². The number of benzene rings is 2. The number of hydrogen-bond donors (Lipinski definition) is 1. The Morgan fingerprint density at radius 2 is 1.83 bits per heavy atom. The molecule has 0 saturated heterocycles. The first-order valence-electron chi connectivity index (χ1n) is 9.17. The Balaban J connectivity index is 1.78. The minimum Gasteiger partial charge on any atom is -0.483 e. The van der Waals surface area contributed by atoms with Gasteiger partial charge in [0, 0.05) is 5.56 Å². The van der Waals surface area contributed by atoms with E-state index in [4.69, 9.17) is 14.3 Å². The number of carboxylic acid groups (broad SMARTS) is 1. The molecule has 3 aromatic rings. The molecule has 1 unspecified atom stereocenters. The third-order valence-electron chi connectivity index (χ3n) is 4.63. The Morgan fingerprint density at radius 1 is 1.17 bits per heavy atom. The molecule has 1 atom stereocenters. The Hall–Kier alpha value is -3.29. The number of aryl methyl sites for hydroxylation is 2. The van der Waals surface area contributed by atoms with Crippen LogP contribution < -0.4 is 4.74 Å². The molecule has 8 heteroatoms. The van der Waals surface area contributed by atoms with Gasteiger partial charge in [-0.05, 0) is 68.3 Å². The minimum absolute atomic E-state index is 0.0701. The Kier molecular flexibility index (Phi) is 5.87. The molecule has 30 heavy (non-hydrogen) atoms. The van der Waals surface area contributed by atoms with E-state index in [-0.39, 0.29) is 12.3 Å². The second kappa shape index (κ2) is 8.22. The summed E-state index contributed by atoms with van der Waals surface area (Å²) in [5, 5.41) is 8.93. The number of alkyl halides is 3. The predicted molar refractivity (Wildman–Crippen MR) is 103 cm³/mol. The largest absolute Gasteiger partial charge is 0.483 e. The summed E-state index contributed by atoms with van der Waals surface area (Å²) in [6, 6.07) is 9.72. The van der Waals surface area contributed by atoms with Gasteiger partial charge in [-0.3, -0.25) is 4.79 Å². The monoisotopic (exact) mass is 419 g/mol. The predicted octanol–water partition coefficient (Wildman–Crippen LogP) is 5.74. The molecule has 158 valence electrons. The van der Waals surface area contributed by atoms with Gasteiger partial charge >= 0.3 is 12.1 Å². The van der Waals surface area contributed by atoms with Gasteiger partial charge in [0.2, 0.25) is 5.89 Å². The minimum atomic E-state index is -4.41. The number of carbonyl (C=O) groups is 1. The average Bonchev–Trinajstić information content (AvgIpc) is 3.05. The summed E-state index contributed by atoms with van der Waals surface area (Å²) < 4.78 is 49.9. The maximum Gasteiger partial charge on any atom is 0.416 e. The molecule has 2 aromatic carbocycles. The van der Waals surface area contributed by atoms with E-state index in [1.165, 1.54) is 12.1 Å². The van der Waals surface area contributed by atoms with Gasteiger partial charge in [-0.15, -0.1) is 0 Å². The fourth-order valence-electron chi connectivity index (χ4n) is 3.07. The van der Waals surface area contributed by atoms with Gasteiger partial charge in [-0.25, -0.2) is 4.98 Å². The van der Waals surface area contributed by atoms with Crippen LogP contribution in [0, 0.1) is 13.8 Å². The average molecular weight is 419 g/mol. The maximum atomic E-state index is 12.7. The summed E-state index contributed by atoms with van der Waals surface area (Å²) in [6.45, 7) is 5.30. The Morgan fingerprint density at radius 3 is 2.40 bits per heavy atom. The zero-order chi connectivity index (χ0) is 22.1. The third kappa shape index (κ3) is 4.82. The summed E-state index contributed by atoms with van der Waals surface area (Å²) >= 11 is 0. The fourth-order valence-corrected chi connectivity index (χ4v) is 3.07. The second-order valence-corrected chi connectivity index (χ2v) is 6.96. The number of oxazole rings is 1. The number of nitrogens with zero attached hydrogens (tertiary/aromatic N) is 1. The van der Waals surface area contributed by atoms with Crippen LogP contribution in [0.25, 0.3) is 11.5 Å². The molecular weight excluding hydrogens is 399 g/mol. The van der Waals surface area contributed by atoms with E-state index in [1.54, 1.807) is 39.0 Å². The van der Waals surface area contributed by atoms with Crippen LogP contribution in [0.3, 0.4) is 0 Å². The lowest BCUT2D eigenvalue weighted by molar-refractivity contribution is -0.138. The summed E-state index contributed by atoms with van der Waals surface area (Å²) in [5.41, 5.74) is 1.74. The van der Waals surface area contributed by atoms with Gasteiger partial charge in [0.25, 0.3) is 0 Å². The van der Waals surface area contributed by atoms with E-state index in [0.717, 1.165) is 17.7 Å². The molecule has 0 aliphatic carbocycles. The molecule has 0 saturated carbocycles. The molecular formula is C22H20F3NO4. The quantitative estimate of drug-likeness (QED) is 0.551. The first kappa shape index (κ1) is 21.4. The molecule has 0 amide bonds. The van der Waals surface area contributed by atoms with Crippen LogP contribution >= 0.6 is 0 Å². The summed E-state index contributed by atoms with van der Waals surface area (Å²) in [5.74, 6) is 0.297. The van der Waals surface area contributed by atoms with Crippen LogP contribution in [-0.4, -0.2) is 16.1 Å². The van der Waals surface area contributed by atoms with Crippen molar-refractivity contribution >= 4 is 5.97 Å². The van der Waals surface area contributed by atoms with Gasteiger partial charge in [0.1, 0.15) is 5.75 Å². The summed E-state index contributed by atoms with van der Waals surface area (Å²) in [7, 11) is 0. The van der Waals surface area contributed by atoms with E-state index in [2.05, 4.69) is 4.98 Å². The molecule has 0 spiro atoms. The van der Waals surface area contributed by atoms with Crippen molar-refractivity contribution in [2.45, 2.75) is 39.5 Å². The normalized spacial score (nSPS) is 12.6. The van der Waals surface area contributed by atoms with Gasteiger partial charge in [0.15, 0.2) is 11.9 Å². The Bertz CT molecular complexity index is 1060. The van der Waals surface area contributed by atoms with E-state index in [1.807, 2.05) is 0 Å². The van der Waals surface area contributed by atoms with Gasteiger partial charge < -0.3 is 14.3 Å². The second-order valence-electron chi connectivity index (χ2n) is 6.96. The van der Waals surface area contributed by atoms with Crippen molar-refractivity contribution in [1.29, 1.82) is 0 Å². The van der Waals surface area contributed by atoms with Crippen molar-refractivity contribution in [1.82, 2.24) is 4.98 Å². The van der Waals surface area contributed by atoms with E-state index >= 15 is 0 Å². The number of carboxylic acids is 1. The molecule has 0 radical (unpaired) electrons. The zero-order valence-corrected chi connectivity index (χ0v) is 16.6. The van der Waals surface area contributed by atoms with Gasteiger partial charge in [-0.2, -0.15) is 13.2 Å². The van der Waals surface area contributed by atoms with E-state index in [0.29, 0.717) is 28.3 Å². The highest BCUT2D eigenvalue weighted by Crippen LogP contribution is 2.33. The highest BCUT2D eigenvalue weighted by atomic mass is 19.4. The summed E-state index contributed by atoms with van der Waals surface area (Å²) in [4.78, 5) is 15.2. The first-order valence-corrected chi connectivity index (χ1v) is 9.17. The van der Waals surface area contributed by atoms with Crippen LogP contribution in [0.2, 0.25) is 0 Å². The van der Waals surface area contributed by atoms with Crippen molar-refractivity contribution in [2.75, 3.05) is 0 Å². The van der Waals surface area contributed by atoms with Gasteiger partial charge in [0.05, 0.1) is 17.7 Å². The number of hydrogen-bond acceptors (Lipinski definition) is 4. The standard InChI is InChI=1S/C22H20F3NO4/c1-12-10-18(9-6-16(12)11-19(27)28)29-14(3)20-13(2)26-21(30-20)15-4-7-17(8-5-15)22(23,24)25/h4-10,14H,11H2,1-3H3,(H,27,28). The van der Waals surface area contributed by atoms with E-state index < -0.39 is 23.8 Å². The van der Waals surface area contributed by atoms with Crippen molar-refractivity contribution in [3.8, 4) is 17.2 Å². The molecule has 0 aliphatic rings. The topological polar surface area (TPSA) is 72.6 Å². The molecule has 3 rings (SSSR count). The molecule has 1 heterocycles. The lowest BCUT2D eigenvalue weighted by Crippen LogP contribution is -2.05. The highest BCUT2D eigenvalue weighted by molar-refractivity contribution is 5.70. The van der Waals surface area contributed by atoms with Crippen LogP contribution in [0.1, 0.15) is 41.2 Å². The third-order valence-corrected chi connectivity index (χ3v) is 4.63. The molecule has 1 N–H and O–H groups in total. The molecule has 5 nitrogen and oxygen atoms in total. The maximum absolute atomic E-state index is 12.7. The van der Waals surface area contributed by atoms with Crippen molar-refractivity contribution in [3.63, 3.8) is 0 Å². The van der Waals surface area contributed by atoms with Crippen LogP contribution in [0.5, 0.6) is 5.75 Å². The lowest BCUT2D eigenvalue weighted by atomic mass is 10.1. The number of rotatable bonds is 6. The van der Waals surface area contributed by atoms with E-state index in [9.17, 15) is 18.0 Å². The number of ether oxygens (including phenoxy) is 1. The highest BCUT2D eigenvalue weighted by Gasteiger charge is 2.30. The number of aromatic nitrogens is 1. The Labute approximate surface area is 171 Å². The SMILES string of the molecule is Cc1cc(OC(C)c2oc(-c3ccc(C(F)(F)F)cc3)nc2C)ccc1CC(=O)O. The van der Waals surface area contributed by atoms with Crippen molar-refractivity contribution < 1.29 is 32.2 Å². The van der Waals surface area contributed by atoms with Crippen LogP contribution in [0.15, 0.2) is 46.9 Å². The van der Waals surface area contributed by atoms with Crippen LogP contribution in [-0.2, 0) is 17.4 Å². The summed E-state index contributed by atoms with van der Waals surface area (Å²) in [6.07, 6.45) is -4.98. The number of aliphatic carboxylic acids is 1. The zero-order valence-electron chi connectivity index (χ0n) is 16.6. The van der Waals surface area contributed by atoms with Crippen molar-refractivity contribution in [2.24, 2.45) is 0 Å². The molecule has 0 bridgehead atoms. The number of halogens is 3. The first-order chi connectivity index (χ1) is 14.0. The molecule has 0 fully saturated rings. The van der Waals surface area contributed by atoms with Gasteiger partial charge in [-0.1, -0.05) is 6.07 Å². The molecule has 0 aliphatic heterocycles. The molecule has 1 aromatic heterocycles. The van der Waals surface area contributed by atoms with Crippen LogP contribution in [0.4, 0.5) is 13.2 Å². The fraction of sp³-hybridized carbons (Fsp3) is 0.273. The lowest BCUT2D eigenvalue weighted by Gasteiger charge is -2.14. The smallest absolute Gasteiger partial charge is 0.416 e.